The quantitative estimate of drug-likeness (QED) is 0.898. The first-order valence-electron chi connectivity index (χ1n) is 6.32. The van der Waals surface area contributed by atoms with E-state index in [0.717, 1.165) is 13.0 Å². The smallest absolute Gasteiger partial charge is 0.146 e. The summed E-state index contributed by atoms with van der Waals surface area (Å²) in [6.07, 6.45) is 0.383. The molecule has 0 aliphatic carbocycles. The van der Waals surface area contributed by atoms with Crippen molar-refractivity contribution in [2.45, 2.75) is 38.5 Å². The van der Waals surface area contributed by atoms with Gasteiger partial charge in [-0.05, 0) is 38.0 Å². The van der Waals surface area contributed by atoms with Gasteiger partial charge in [0.1, 0.15) is 5.82 Å². The van der Waals surface area contributed by atoms with E-state index < -0.39 is 6.10 Å². The number of ether oxygens (including phenoxy) is 1. The van der Waals surface area contributed by atoms with Crippen LogP contribution in [-0.2, 0) is 4.74 Å². The standard InChI is InChI=1S/C14H20FNO2/c1-9(17)11-4-5-14(12(15)8-11)16(3)13-6-7-18-10(13)2/h4-5,8-10,13,17H,6-7H2,1-3H3/t9-,10?,13?/m1/s1. The molecule has 1 saturated heterocycles. The highest BCUT2D eigenvalue weighted by Crippen LogP contribution is 2.28. The third-order valence-electron chi connectivity index (χ3n) is 3.67. The molecule has 1 fully saturated rings. The fourth-order valence-corrected chi connectivity index (χ4v) is 2.48. The number of nitrogens with zero attached hydrogens (tertiary/aromatic N) is 1. The molecule has 1 aliphatic rings. The number of likely N-dealkylation sites (N-methyl/N-ethyl adjacent to an activating group) is 1. The van der Waals surface area contributed by atoms with Crippen LogP contribution in [0.5, 0.6) is 0 Å². The summed E-state index contributed by atoms with van der Waals surface area (Å²) in [4.78, 5) is 1.93. The fourth-order valence-electron chi connectivity index (χ4n) is 2.48. The highest BCUT2D eigenvalue weighted by molar-refractivity contribution is 5.50. The number of hydrogen-bond acceptors (Lipinski definition) is 3. The highest BCUT2D eigenvalue weighted by Gasteiger charge is 2.29. The molecule has 100 valence electrons. The largest absolute Gasteiger partial charge is 0.389 e. The van der Waals surface area contributed by atoms with E-state index >= 15 is 0 Å². The lowest BCUT2D eigenvalue weighted by Crippen LogP contribution is -2.37. The minimum absolute atomic E-state index is 0.117. The van der Waals surface area contributed by atoms with Crippen molar-refractivity contribution in [3.63, 3.8) is 0 Å². The first-order chi connectivity index (χ1) is 8.50. The topological polar surface area (TPSA) is 32.7 Å². The molecule has 0 aromatic heterocycles. The Kier molecular flexibility index (Phi) is 3.88. The Hall–Kier alpha value is -1.13. The van der Waals surface area contributed by atoms with Crippen LogP contribution >= 0.6 is 0 Å². The summed E-state index contributed by atoms with van der Waals surface area (Å²) >= 11 is 0. The minimum Gasteiger partial charge on any atom is -0.389 e. The molecule has 0 spiro atoms. The van der Waals surface area contributed by atoms with Gasteiger partial charge in [0.2, 0.25) is 0 Å². The zero-order chi connectivity index (χ0) is 13.3. The maximum atomic E-state index is 14.0. The SMILES string of the molecule is CC1OCCC1N(C)c1ccc([C@@H](C)O)cc1F. The predicted molar refractivity (Wildman–Crippen MR) is 69.3 cm³/mol. The Bertz CT molecular complexity index is 422. The Balaban J connectivity index is 2.22. The third kappa shape index (κ3) is 2.49. The monoisotopic (exact) mass is 253 g/mol. The number of aliphatic hydroxyl groups is 1. The molecule has 1 aliphatic heterocycles. The van der Waals surface area contributed by atoms with Crippen molar-refractivity contribution in [1.82, 2.24) is 0 Å². The lowest BCUT2D eigenvalue weighted by atomic mass is 10.1. The van der Waals surface area contributed by atoms with E-state index in [1.54, 1.807) is 19.1 Å². The number of anilines is 1. The van der Waals surface area contributed by atoms with Gasteiger partial charge in [0.05, 0.1) is 23.9 Å². The van der Waals surface area contributed by atoms with E-state index in [0.29, 0.717) is 11.3 Å². The zero-order valence-electron chi connectivity index (χ0n) is 11.1. The zero-order valence-corrected chi connectivity index (χ0v) is 11.1. The molecule has 0 amide bonds. The van der Waals surface area contributed by atoms with Gasteiger partial charge in [-0.25, -0.2) is 4.39 Å². The molecule has 18 heavy (non-hydrogen) atoms. The second-order valence-corrected chi connectivity index (χ2v) is 4.93. The van der Waals surface area contributed by atoms with Gasteiger partial charge in [0.25, 0.3) is 0 Å². The van der Waals surface area contributed by atoms with Crippen LogP contribution in [0.2, 0.25) is 0 Å². The first-order valence-corrected chi connectivity index (χ1v) is 6.32. The van der Waals surface area contributed by atoms with Crippen LogP contribution < -0.4 is 4.90 Å². The van der Waals surface area contributed by atoms with Gasteiger partial charge in [0.15, 0.2) is 0 Å². The number of hydrogen-bond donors (Lipinski definition) is 1. The van der Waals surface area contributed by atoms with Crippen LogP contribution in [0.15, 0.2) is 18.2 Å². The second-order valence-electron chi connectivity index (χ2n) is 4.93. The molecule has 2 unspecified atom stereocenters. The average Bonchev–Trinajstić information content (AvgIpc) is 2.74. The molecule has 3 nitrogen and oxygen atoms in total. The Morgan fingerprint density at radius 3 is 2.72 bits per heavy atom. The lowest BCUT2D eigenvalue weighted by Gasteiger charge is -2.29. The summed E-state index contributed by atoms with van der Waals surface area (Å²) < 4.78 is 19.6. The Labute approximate surface area is 107 Å². The summed E-state index contributed by atoms with van der Waals surface area (Å²) in [5.74, 6) is -0.296. The van der Waals surface area contributed by atoms with E-state index in [2.05, 4.69) is 0 Å². The van der Waals surface area contributed by atoms with Gasteiger partial charge in [-0.2, -0.15) is 0 Å². The lowest BCUT2D eigenvalue weighted by molar-refractivity contribution is 0.118. The molecule has 0 radical (unpaired) electrons. The molecule has 2 rings (SSSR count). The molecule has 1 aromatic carbocycles. The average molecular weight is 253 g/mol. The van der Waals surface area contributed by atoms with Crippen LogP contribution in [0.25, 0.3) is 0 Å². The molecule has 1 aromatic rings. The van der Waals surface area contributed by atoms with E-state index in [1.165, 1.54) is 6.07 Å². The molecule has 1 N–H and O–H groups in total. The Morgan fingerprint density at radius 1 is 1.50 bits per heavy atom. The van der Waals surface area contributed by atoms with E-state index in [4.69, 9.17) is 4.74 Å². The summed E-state index contributed by atoms with van der Waals surface area (Å²) in [5.41, 5.74) is 1.15. The summed E-state index contributed by atoms with van der Waals surface area (Å²) in [6.45, 7) is 4.37. The van der Waals surface area contributed by atoms with Crippen molar-refractivity contribution in [3.05, 3.63) is 29.6 Å². The van der Waals surface area contributed by atoms with E-state index in [-0.39, 0.29) is 18.0 Å². The molecule has 0 saturated carbocycles. The van der Waals surface area contributed by atoms with Gasteiger partial charge < -0.3 is 14.7 Å². The van der Waals surface area contributed by atoms with Crippen LogP contribution in [0.3, 0.4) is 0 Å². The first kappa shape index (κ1) is 13.3. The maximum Gasteiger partial charge on any atom is 0.146 e. The maximum absolute atomic E-state index is 14.0. The summed E-state index contributed by atoms with van der Waals surface area (Å²) in [6, 6.07) is 5.09. The number of halogens is 1. The van der Waals surface area contributed by atoms with Gasteiger partial charge in [-0.3, -0.25) is 0 Å². The normalized spacial score (nSPS) is 25.2. The van der Waals surface area contributed by atoms with Gasteiger partial charge in [0, 0.05) is 13.7 Å². The van der Waals surface area contributed by atoms with E-state index in [9.17, 15) is 9.50 Å². The number of rotatable bonds is 3. The molecular formula is C14H20FNO2. The van der Waals surface area contributed by atoms with Crippen LogP contribution in [0, 0.1) is 5.82 Å². The predicted octanol–water partition coefficient (Wildman–Crippen LogP) is 2.49. The highest BCUT2D eigenvalue weighted by atomic mass is 19.1. The summed E-state index contributed by atoms with van der Waals surface area (Å²) in [5, 5.41) is 9.43. The summed E-state index contributed by atoms with van der Waals surface area (Å²) in [7, 11) is 1.89. The fraction of sp³-hybridized carbons (Fsp3) is 0.571. The van der Waals surface area contributed by atoms with Gasteiger partial charge in [-0.15, -0.1) is 0 Å². The van der Waals surface area contributed by atoms with Crippen molar-refractivity contribution >= 4 is 5.69 Å². The molecule has 4 heteroatoms. The van der Waals surface area contributed by atoms with Crippen molar-refractivity contribution < 1.29 is 14.2 Å². The van der Waals surface area contributed by atoms with E-state index in [1.807, 2.05) is 18.9 Å². The molecule has 0 bridgehead atoms. The second kappa shape index (κ2) is 5.24. The van der Waals surface area contributed by atoms with Crippen molar-refractivity contribution in [2.24, 2.45) is 0 Å². The van der Waals surface area contributed by atoms with Crippen LogP contribution in [-0.4, -0.2) is 30.9 Å². The van der Waals surface area contributed by atoms with Crippen LogP contribution in [0.1, 0.15) is 31.9 Å². The molecule has 3 atom stereocenters. The molecular weight excluding hydrogens is 233 g/mol. The number of benzene rings is 1. The van der Waals surface area contributed by atoms with Crippen LogP contribution in [0.4, 0.5) is 10.1 Å². The van der Waals surface area contributed by atoms with Gasteiger partial charge in [-0.1, -0.05) is 6.07 Å². The number of aliphatic hydroxyl groups excluding tert-OH is 1. The Morgan fingerprint density at radius 2 is 2.22 bits per heavy atom. The van der Waals surface area contributed by atoms with Crippen molar-refractivity contribution in [1.29, 1.82) is 0 Å². The third-order valence-corrected chi connectivity index (χ3v) is 3.67. The van der Waals surface area contributed by atoms with Gasteiger partial charge >= 0.3 is 0 Å². The molecule has 1 heterocycles. The van der Waals surface area contributed by atoms with Crippen molar-refractivity contribution in [3.8, 4) is 0 Å². The van der Waals surface area contributed by atoms with Crippen molar-refractivity contribution in [2.75, 3.05) is 18.6 Å². The minimum atomic E-state index is -0.646.